The van der Waals surface area contributed by atoms with Crippen molar-refractivity contribution in [2.24, 2.45) is 0 Å². The Bertz CT molecular complexity index is 594. The fraction of sp³-hybridized carbons (Fsp3) is 0.600. The fourth-order valence-electron chi connectivity index (χ4n) is 3.30. The molecule has 1 unspecified atom stereocenters. The molecular formula is C20H33N4O2+. The molecule has 1 fully saturated rings. The highest BCUT2D eigenvalue weighted by Gasteiger charge is 2.25. The minimum atomic E-state index is -0.364. The number of hydrogen-bond acceptors (Lipinski definition) is 3. The summed E-state index contributed by atoms with van der Waals surface area (Å²) in [6.07, 6.45) is 5.54. The molecule has 0 bridgehead atoms. The van der Waals surface area contributed by atoms with Crippen LogP contribution in [0.25, 0.3) is 0 Å². The van der Waals surface area contributed by atoms with E-state index in [1.165, 1.54) is 12.0 Å². The average Bonchev–Trinajstić information content (AvgIpc) is 2.62. The predicted octanol–water partition coefficient (Wildman–Crippen LogP) is 1.31. The lowest BCUT2D eigenvalue weighted by Gasteiger charge is -2.24. The maximum absolute atomic E-state index is 12.4. The largest absolute Gasteiger partial charge is 0.378 e. The minimum Gasteiger partial charge on any atom is -0.378 e. The van der Waals surface area contributed by atoms with E-state index in [2.05, 4.69) is 39.8 Å². The number of anilines is 1. The summed E-state index contributed by atoms with van der Waals surface area (Å²) in [5.74, 6) is -0.235. The third-order valence-corrected chi connectivity index (χ3v) is 5.25. The molecule has 1 aliphatic carbocycles. The van der Waals surface area contributed by atoms with Gasteiger partial charge in [-0.05, 0) is 31.9 Å². The SMILES string of the molecule is C[C@@H](C(=O)NC(=O)NC1CCCCC1)[NH+](C)Cc1ccc(N(C)C)cc1. The van der Waals surface area contributed by atoms with Crippen molar-refractivity contribution in [1.82, 2.24) is 10.6 Å². The zero-order chi connectivity index (χ0) is 19.1. The summed E-state index contributed by atoms with van der Waals surface area (Å²) >= 11 is 0. The molecule has 0 aliphatic heterocycles. The van der Waals surface area contributed by atoms with Crippen molar-refractivity contribution in [3.05, 3.63) is 29.8 Å². The molecule has 6 nitrogen and oxygen atoms in total. The van der Waals surface area contributed by atoms with Gasteiger partial charge in [-0.3, -0.25) is 10.1 Å². The van der Waals surface area contributed by atoms with Gasteiger partial charge in [0.05, 0.1) is 7.05 Å². The summed E-state index contributed by atoms with van der Waals surface area (Å²) in [4.78, 5) is 27.5. The number of quaternary nitrogens is 1. The summed E-state index contributed by atoms with van der Waals surface area (Å²) in [5, 5.41) is 5.43. The second kappa shape index (κ2) is 9.57. The average molecular weight is 362 g/mol. The van der Waals surface area contributed by atoms with Gasteiger partial charge in [0.15, 0.2) is 6.04 Å². The van der Waals surface area contributed by atoms with E-state index in [9.17, 15) is 9.59 Å². The van der Waals surface area contributed by atoms with Crippen molar-refractivity contribution in [2.75, 3.05) is 26.0 Å². The Morgan fingerprint density at radius 2 is 1.77 bits per heavy atom. The lowest BCUT2D eigenvalue weighted by molar-refractivity contribution is -0.908. The van der Waals surface area contributed by atoms with E-state index >= 15 is 0 Å². The van der Waals surface area contributed by atoms with Crippen molar-refractivity contribution >= 4 is 17.6 Å². The van der Waals surface area contributed by atoms with Crippen LogP contribution in [-0.4, -0.2) is 45.2 Å². The van der Waals surface area contributed by atoms with Crippen LogP contribution in [0, 0.1) is 0 Å². The molecule has 0 radical (unpaired) electrons. The number of rotatable bonds is 6. The van der Waals surface area contributed by atoms with Crippen LogP contribution in [-0.2, 0) is 11.3 Å². The summed E-state index contributed by atoms with van der Waals surface area (Å²) in [6, 6.07) is 7.85. The van der Waals surface area contributed by atoms with Crippen LogP contribution in [0.1, 0.15) is 44.6 Å². The number of imide groups is 1. The van der Waals surface area contributed by atoms with E-state index in [1.54, 1.807) is 0 Å². The number of carbonyl (C=O) groups is 2. The molecule has 0 saturated heterocycles. The second-order valence-electron chi connectivity index (χ2n) is 7.60. The number of nitrogens with one attached hydrogen (secondary N) is 3. The van der Waals surface area contributed by atoms with Crippen LogP contribution in [0.5, 0.6) is 0 Å². The molecule has 2 atom stereocenters. The Morgan fingerprint density at radius 1 is 1.15 bits per heavy atom. The first-order chi connectivity index (χ1) is 12.4. The standard InChI is InChI=1S/C20H32N4O2/c1-15(19(25)22-20(26)21-17-8-6-5-7-9-17)24(4)14-16-10-12-18(13-11-16)23(2)3/h10-13,15,17H,5-9,14H2,1-4H3,(H2,21,22,25,26)/p+1/t15-/m0/s1. The summed E-state index contributed by atoms with van der Waals surface area (Å²) in [5.41, 5.74) is 2.32. The highest BCUT2D eigenvalue weighted by atomic mass is 16.2. The quantitative estimate of drug-likeness (QED) is 0.716. The van der Waals surface area contributed by atoms with Crippen molar-refractivity contribution in [3.63, 3.8) is 0 Å². The molecule has 1 saturated carbocycles. The molecular weight excluding hydrogens is 328 g/mol. The first-order valence-electron chi connectivity index (χ1n) is 9.56. The monoisotopic (exact) mass is 361 g/mol. The fourth-order valence-corrected chi connectivity index (χ4v) is 3.30. The minimum absolute atomic E-state index is 0.201. The molecule has 6 heteroatoms. The molecule has 0 spiro atoms. The molecule has 0 heterocycles. The number of benzene rings is 1. The molecule has 1 aromatic rings. The van der Waals surface area contributed by atoms with Crippen LogP contribution in [0.2, 0.25) is 0 Å². The Kier molecular flexibility index (Phi) is 7.45. The number of carbonyl (C=O) groups excluding carboxylic acids is 2. The van der Waals surface area contributed by atoms with E-state index in [0.717, 1.165) is 42.8 Å². The smallest absolute Gasteiger partial charge is 0.321 e. The van der Waals surface area contributed by atoms with Crippen LogP contribution < -0.4 is 20.4 Å². The van der Waals surface area contributed by atoms with Crippen molar-refractivity contribution < 1.29 is 14.5 Å². The van der Waals surface area contributed by atoms with E-state index in [1.807, 2.05) is 28.1 Å². The van der Waals surface area contributed by atoms with Crippen LogP contribution in [0.15, 0.2) is 24.3 Å². The lowest BCUT2D eigenvalue weighted by atomic mass is 9.96. The van der Waals surface area contributed by atoms with Crippen LogP contribution in [0.4, 0.5) is 10.5 Å². The first kappa shape index (κ1) is 20.2. The van der Waals surface area contributed by atoms with Gasteiger partial charge in [-0.2, -0.15) is 0 Å². The number of hydrogen-bond donors (Lipinski definition) is 3. The van der Waals surface area contributed by atoms with E-state index < -0.39 is 0 Å². The lowest BCUT2D eigenvalue weighted by Crippen LogP contribution is -3.12. The van der Waals surface area contributed by atoms with Crippen molar-refractivity contribution in [1.29, 1.82) is 0 Å². The summed E-state index contributed by atoms with van der Waals surface area (Å²) < 4.78 is 0. The number of amides is 3. The van der Waals surface area contributed by atoms with Gasteiger partial charge in [-0.1, -0.05) is 31.4 Å². The Labute approximate surface area is 156 Å². The molecule has 1 aliphatic rings. The van der Waals surface area contributed by atoms with Crippen LogP contribution in [0.3, 0.4) is 0 Å². The van der Waals surface area contributed by atoms with E-state index in [0.29, 0.717) is 0 Å². The summed E-state index contributed by atoms with van der Waals surface area (Å²) in [6.45, 7) is 2.58. The normalized spacial score (nSPS) is 17.2. The van der Waals surface area contributed by atoms with Gasteiger partial charge in [0.1, 0.15) is 6.54 Å². The van der Waals surface area contributed by atoms with Gasteiger partial charge in [-0.25, -0.2) is 4.79 Å². The Balaban J connectivity index is 1.81. The molecule has 26 heavy (non-hydrogen) atoms. The van der Waals surface area contributed by atoms with Gasteiger partial charge in [0.25, 0.3) is 5.91 Å². The molecule has 3 amide bonds. The maximum Gasteiger partial charge on any atom is 0.321 e. The van der Waals surface area contributed by atoms with Crippen molar-refractivity contribution in [2.45, 2.75) is 57.7 Å². The predicted molar refractivity (Wildman–Crippen MR) is 104 cm³/mol. The Morgan fingerprint density at radius 3 is 2.35 bits per heavy atom. The van der Waals surface area contributed by atoms with Crippen LogP contribution >= 0.6 is 0 Å². The zero-order valence-corrected chi connectivity index (χ0v) is 16.5. The molecule has 144 valence electrons. The molecule has 0 aromatic heterocycles. The van der Waals surface area contributed by atoms with Crippen molar-refractivity contribution in [3.8, 4) is 0 Å². The maximum atomic E-state index is 12.4. The van der Waals surface area contributed by atoms with E-state index in [4.69, 9.17) is 0 Å². The number of urea groups is 1. The van der Waals surface area contributed by atoms with Gasteiger partial charge in [0.2, 0.25) is 0 Å². The van der Waals surface area contributed by atoms with Gasteiger partial charge < -0.3 is 15.1 Å². The second-order valence-corrected chi connectivity index (χ2v) is 7.60. The third kappa shape index (κ3) is 6.02. The molecule has 2 rings (SSSR count). The van der Waals surface area contributed by atoms with Gasteiger partial charge in [-0.15, -0.1) is 0 Å². The number of likely N-dealkylation sites (N-methyl/N-ethyl adjacent to an activating group) is 1. The molecule has 1 aromatic carbocycles. The molecule has 3 N–H and O–H groups in total. The zero-order valence-electron chi connectivity index (χ0n) is 16.5. The van der Waals surface area contributed by atoms with E-state index in [-0.39, 0.29) is 24.0 Å². The highest BCUT2D eigenvalue weighted by molar-refractivity contribution is 5.96. The van der Waals surface area contributed by atoms with Gasteiger partial charge >= 0.3 is 6.03 Å². The van der Waals surface area contributed by atoms with Gasteiger partial charge in [0, 0.05) is 31.4 Å². The Hall–Kier alpha value is -2.08. The summed E-state index contributed by atoms with van der Waals surface area (Å²) in [7, 11) is 6.00. The highest BCUT2D eigenvalue weighted by Crippen LogP contribution is 2.17. The topological polar surface area (TPSA) is 65.9 Å². The first-order valence-corrected chi connectivity index (χ1v) is 9.56. The third-order valence-electron chi connectivity index (χ3n) is 5.25. The number of nitrogens with zero attached hydrogens (tertiary/aromatic N) is 1.